The topological polar surface area (TPSA) is 25.8 Å². The Morgan fingerprint density at radius 2 is 0.707 bits per heavy atom. The smallest absolute Gasteiger partial charge is 0.160 e. The molecule has 0 aliphatic heterocycles. The van der Waals surface area contributed by atoms with Crippen molar-refractivity contribution in [3.05, 3.63) is 143 Å². The molecule has 1 aromatic heterocycles. The normalized spacial score (nSPS) is 11.0. The van der Waals surface area contributed by atoms with Gasteiger partial charge in [0.05, 0.1) is 11.4 Å². The summed E-state index contributed by atoms with van der Waals surface area (Å²) in [6, 6.07) is 41.2. The standard InChI is InChI=1S/C39H34N2/c1-25-6-10-34(11-7-25)39-40-37(32-16-12-30(13-17-32)35-20-8-26(2)22-28(35)4)24-38(41-39)33-18-14-31(15-19-33)36-21-9-27(3)23-29(36)5/h6-24H,1-5H3. The Morgan fingerprint density at radius 1 is 0.341 bits per heavy atom. The van der Waals surface area contributed by atoms with Crippen LogP contribution in [0.25, 0.3) is 56.2 Å². The van der Waals surface area contributed by atoms with Crippen LogP contribution in [0.4, 0.5) is 0 Å². The monoisotopic (exact) mass is 530 g/mol. The van der Waals surface area contributed by atoms with Crippen molar-refractivity contribution in [2.75, 3.05) is 0 Å². The molecule has 0 bridgehead atoms. The highest BCUT2D eigenvalue weighted by Gasteiger charge is 2.12. The zero-order chi connectivity index (χ0) is 28.5. The van der Waals surface area contributed by atoms with Crippen molar-refractivity contribution in [2.45, 2.75) is 34.6 Å². The molecule has 2 heteroatoms. The minimum Gasteiger partial charge on any atom is -0.228 e. The maximum absolute atomic E-state index is 5.03. The van der Waals surface area contributed by atoms with Gasteiger partial charge >= 0.3 is 0 Å². The van der Waals surface area contributed by atoms with Crippen molar-refractivity contribution in [2.24, 2.45) is 0 Å². The molecule has 41 heavy (non-hydrogen) atoms. The van der Waals surface area contributed by atoms with Crippen LogP contribution in [0.3, 0.4) is 0 Å². The summed E-state index contributed by atoms with van der Waals surface area (Å²) in [5.41, 5.74) is 16.3. The minimum atomic E-state index is 0.731. The Bertz CT molecular complexity index is 1730. The molecular weight excluding hydrogens is 496 g/mol. The molecule has 2 nitrogen and oxygen atoms in total. The second-order valence-corrected chi connectivity index (χ2v) is 11.1. The summed E-state index contributed by atoms with van der Waals surface area (Å²) < 4.78 is 0. The average Bonchev–Trinajstić information content (AvgIpc) is 2.98. The van der Waals surface area contributed by atoms with Crippen LogP contribution < -0.4 is 0 Å². The molecule has 1 heterocycles. The van der Waals surface area contributed by atoms with Gasteiger partial charge in [-0.2, -0.15) is 0 Å². The van der Waals surface area contributed by atoms with Crippen LogP contribution >= 0.6 is 0 Å². The van der Waals surface area contributed by atoms with E-state index in [1.807, 2.05) is 0 Å². The highest BCUT2D eigenvalue weighted by Crippen LogP contribution is 2.32. The van der Waals surface area contributed by atoms with Gasteiger partial charge in [-0.15, -0.1) is 0 Å². The first-order chi connectivity index (χ1) is 19.8. The molecule has 0 aliphatic carbocycles. The highest BCUT2D eigenvalue weighted by molar-refractivity contribution is 5.76. The van der Waals surface area contributed by atoms with Gasteiger partial charge in [0.1, 0.15) is 0 Å². The van der Waals surface area contributed by atoms with Crippen molar-refractivity contribution in [1.82, 2.24) is 9.97 Å². The molecule has 0 atom stereocenters. The third-order valence-corrected chi connectivity index (χ3v) is 7.78. The molecule has 0 fully saturated rings. The van der Waals surface area contributed by atoms with Crippen LogP contribution in [0.1, 0.15) is 27.8 Å². The third-order valence-electron chi connectivity index (χ3n) is 7.78. The maximum atomic E-state index is 5.03. The number of benzene rings is 5. The van der Waals surface area contributed by atoms with Crippen LogP contribution in [0, 0.1) is 34.6 Å². The fourth-order valence-corrected chi connectivity index (χ4v) is 5.49. The van der Waals surface area contributed by atoms with Gasteiger partial charge in [-0.25, -0.2) is 9.97 Å². The Balaban J connectivity index is 1.41. The van der Waals surface area contributed by atoms with Crippen molar-refractivity contribution in [1.29, 1.82) is 0 Å². The fourth-order valence-electron chi connectivity index (χ4n) is 5.49. The fraction of sp³-hybridized carbons (Fsp3) is 0.128. The van der Waals surface area contributed by atoms with Crippen LogP contribution in [0.15, 0.2) is 115 Å². The lowest BCUT2D eigenvalue weighted by atomic mass is 9.96. The summed E-state index contributed by atoms with van der Waals surface area (Å²) in [4.78, 5) is 10.1. The van der Waals surface area contributed by atoms with Gasteiger partial charge in [0.15, 0.2) is 5.82 Å². The number of hydrogen-bond acceptors (Lipinski definition) is 2. The maximum Gasteiger partial charge on any atom is 0.160 e. The van der Waals surface area contributed by atoms with E-state index >= 15 is 0 Å². The van der Waals surface area contributed by atoms with Crippen LogP contribution in [0.5, 0.6) is 0 Å². The van der Waals surface area contributed by atoms with E-state index in [1.54, 1.807) is 0 Å². The molecule has 0 unspecified atom stereocenters. The zero-order valence-corrected chi connectivity index (χ0v) is 24.4. The van der Waals surface area contributed by atoms with Crippen molar-refractivity contribution < 1.29 is 0 Å². The summed E-state index contributed by atoms with van der Waals surface area (Å²) in [6.45, 7) is 10.7. The van der Waals surface area contributed by atoms with Gasteiger partial charge in [-0.05, 0) is 74.1 Å². The van der Waals surface area contributed by atoms with Gasteiger partial charge in [0.25, 0.3) is 0 Å². The summed E-state index contributed by atoms with van der Waals surface area (Å²) in [6.07, 6.45) is 0. The molecule has 5 aromatic carbocycles. The lowest BCUT2D eigenvalue weighted by Crippen LogP contribution is -1.96. The summed E-state index contributed by atoms with van der Waals surface area (Å²) in [5.74, 6) is 0.731. The molecule has 200 valence electrons. The van der Waals surface area contributed by atoms with Crippen molar-refractivity contribution in [3.63, 3.8) is 0 Å². The average molecular weight is 531 g/mol. The number of aromatic nitrogens is 2. The minimum absolute atomic E-state index is 0.731. The molecule has 0 spiro atoms. The SMILES string of the molecule is Cc1ccc(-c2nc(-c3ccc(-c4ccc(C)cc4C)cc3)cc(-c3ccc(-c4ccc(C)cc4C)cc3)n2)cc1. The van der Waals surface area contributed by atoms with E-state index in [2.05, 4.69) is 150 Å². The first-order valence-corrected chi connectivity index (χ1v) is 14.2. The van der Waals surface area contributed by atoms with Gasteiger partial charge in [-0.1, -0.05) is 126 Å². The number of hydrogen-bond donors (Lipinski definition) is 0. The van der Waals surface area contributed by atoms with Gasteiger partial charge in [-0.3, -0.25) is 0 Å². The van der Waals surface area contributed by atoms with E-state index < -0.39 is 0 Å². The highest BCUT2D eigenvalue weighted by atomic mass is 14.9. The molecule has 0 amide bonds. The second kappa shape index (κ2) is 11.0. The molecular formula is C39H34N2. The Kier molecular flexibility index (Phi) is 7.07. The van der Waals surface area contributed by atoms with Crippen LogP contribution in [-0.2, 0) is 0 Å². The van der Waals surface area contributed by atoms with E-state index in [9.17, 15) is 0 Å². The molecule has 0 radical (unpaired) electrons. The predicted octanol–water partition coefficient (Wildman–Crippen LogP) is 10.4. The van der Waals surface area contributed by atoms with Gasteiger partial charge < -0.3 is 0 Å². The van der Waals surface area contributed by atoms with E-state index in [4.69, 9.17) is 9.97 Å². The molecule has 0 aliphatic rings. The van der Waals surface area contributed by atoms with E-state index in [1.165, 1.54) is 50.1 Å². The lowest BCUT2D eigenvalue weighted by molar-refractivity contribution is 1.18. The van der Waals surface area contributed by atoms with E-state index in [-0.39, 0.29) is 0 Å². The molecule has 0 saturated heterocycles. The number of aryl methyl sites for hydroxylation is 5. The largest absolute Gasteiger partial charge is 0.228 e. The number of rotatable bonds is 5. The van der Waals surface area contributed by atoms with Gasteiger partial charge in [0.2, 0.25) is 0 Å². The van der Waals surface area contributed by atoms with Crippen LogP contribution in [0.2, 0.25) is 0 Å². The Hall–Kier alpha value is -4.82. The van der Waals surface area contributed by atoms with Crippen molar-refractivity contribution >= 4 is 0 Å². The molecule has 0 N–H and O–H groups in total. The predicted molar refractivity (Wildman–Crippen MR) is 173 cm³/mol. The van der Waals surface area contributed by atoms with Gasteiger partial charge in [0, 0.05) is 16.7 Å². The summed E-state index contributed by atoms with van der Waals surface area (Å²) >= 11 is 0. The Morgan fingerprint density at radius 3 is 1.12 bits per heavy atom. The lowest BCUT2D eigenvalue weighted by Gasteiger charge is -2.12. The second-order valence-electron chi connectivity index (χ2n) is 11.1. The third kappa shape index (κ3) is 5.60. The first-order valence-electron chi connectivity index (χ1n) is 14.2. The zero-order valence-electron chi connectivity index (χ0n) is 24.4. The molecule has 6 rings (SSSR count). The van der Waals surface area contributed by atoms with E-state index in [0.29, 0.717) is 0 Å². The summed E-state index contributed by atoms with van der Waals surface area (Å²) in [7, 11) is 0. The first kappa shape index (κ1) is 26.4. The summed E-state index contributed by atoms with van der Waals surface area (Å²) in [5, 5.41) is 0. The molecule has 6 aromatic rings. The molecule has 0 saturated carbocycles. The quantitative estimate of drug-likeness (QED) is 0.222. The van der Waals surface area contributed by atoms with E-state index in [0.717, 1.165) is 33.9 Å². The number of nitrogens with zero attached hydrogens (tertiary/aromatic N) is 2. The van der Waals surface area contributed by atoms with Crippen LogP contribution in [-0.4, -0.2) is 9.97 Å². The Labute approximate surface area is 243 Å². The van der Waals surface area contributed by atoms with Crippen molar-refractivity contribution in [3.8, 4) is 56.2 Å².